The predicted molar refractivity (Wildman–Crippen MR) is 158 cm³/mol. The van der Waals surface area contributed by atoms with E-state index in [1.54, 1.807) is 25.1 Å². The summed E-state index contributed by atoms with van der Waals surface area (Å²) in [6.45, 7) is 11.2. The number of benzene rings is 1. The Bertz CT molecular complexity index is 1590. The number of carboxylic acid groups (broad SMARTS) is 1. The number of rotatable bonds is 11. The van der Waals surface area contributed by atoms with Crippen molar-refractivity contribution in [1.29, 1.82) is 0 Å². The van der Waals surface area contributed by atoms with Gasteiger partial charge in [-0.15, -0.1) is 0 Å². The summed E-state index contributed by atoms with van der Waals surface area (Å²) in [5.74, 6) is -1.79. The van der Waals surface area contributed by atoms with Gasteiger partial charge in [0.2, 0.25) is 0 Å². The number of aromatic amines is 1. The Kier molecular flexibility index (Phi) is 8.98. The fourth-order valence-corrected chi connectivity index (χ4v) is 6.73. The van der Waals surface area contributed by atoms with E-state index < -0.39 is 15.8 Å². The number of H-pyrrole nitrogens is 1. The molecule has 218 valence electrons. The summed E-state index contributed by atoms with van der Waals surface area (Å²) in [5, 5.41) is 14.9. The lowest BCUT2D eigenvalue weighted by molar-refractivity contribution is -0.895. The number of sulfone groups is 1. The third-order valence-electron chi connectivity index (χ3n) is 7.77. The second-order valence-corrected chi connectivity index (χ2v) is 12.4. The summed E-state index contributed by atoms with van der Waals surface area (Å²) in [4.78, 5) is 41.7. The van der Waals surface area contributed by atoms with Crippen molar-refractivity contribution in [3.8, 4) is 0 Å². The Morgan fingerprint density at radius 1 is 1.12 bits per heavy atom. The van der Waals surface area contributed by atoms with Crippen LogP contribution in [0.25, 0.3) is 11.6 Å². The summed E-state index contributed by atoms with van der Waals surface area (Å²) >= 11 is 0. The lowest BCUT2D eigenvalue weighted by Crippen LogP contribution is -3.12. The van der Waals surface area contributed by atoms with Crippen LogP contribution in [-0.2, 0) is 19.4 Å². The first-order valence-corrected chi connectivity index (χ1v) is 15.4. The number of allylic oxidation sites excluding steroid dienone is 2. The molecule has 5 N–H and O–H groups in total. The van der Waals surface area contributed by atoms with Crippen molar-refractivity contribution in [2.24, 2.45) is 0 Å². The fraction of sp³-hybridized carbons (Fsp3) is 0.367. The second kappa shape index (κ2) is 12.3. The fourth-order valence-electron chi connectivity index (χ4n) is 5.26. The number of quaternary nitrogens is 1. The van der Waals surface area contributed by atoms with Crippen LogP contribution in [0, 0.1) is 13.8 Å². The molecule has 4 rings (SSSR count). The zero-order valence-corrected chi connectivity index (χ0v) is 24.6. The van der Waals surface area contributed by atoms with Gasteiger partial charge in [0.25, 0.3) is 11.8 Å². The molecule has 0 saturated carbocycles. The Hall–Kier alpha value is -3.96. The van der Waals surface area contributed by atoms with Crippen LogP contribution >= 0.6 is 0 Å². The van der Waals surface area contributed by atoms with Crippen molar-refractivity contribution >= 4 is 45.0 Å². The van der Waals surface area contributed by atoms with Crippen molar-refractivity contribution in [1.82, 2.24) is 10.3 Å². The molecular weight excluding hydrogens is 544 g/mol. The summed E-state index contributed by atoms with van der Waals surface area (Å²) in [6, 6.07) is 4.53. The van der Waals surface area contributed by atoms with E-state index in [-0.39, 0.29) is 34.5 Å². The normalized spacial score (nSPS) is 15.9. The van der Waals surface area contributed by atoms with Gasteiger partial charge in [-0.05, 0) is 70.4 Å². The number of hydrogen-bond donors (Lipinski definition) is 5. The minimum Gasteiger partial charge on any atom is -0.478 e. The number of aromatic nitrogens is 1. The molecule has 0 unspecified atom stereocenters. The number of amides is 2. The summed E-state index contributed by atoms with van der Waals surface area (Å²) in [5.41, 5.74) is 4.64. The van der Waals surface area contributed by atoms with Crippen LogP contribution < -0.4 is 15.5 Å². The van der Waals surface area contributed by atoms with E-state index in [1.807, 2.05) is 6.92 Å². The van der Waals surface area contributed by atoms with Gasteiger partial charge in [-0.1, -0.05) is 17.7 Å². The van der Waals surface area contributed by atoms with Crippen LogP contribution in [0.2, 0.25) is 0 Å². The second-order valence-electron chi connectivity index (χ2n) is 10.4. The Balaban J connectivity index is 1.58. The van der Waals surface area contributed by atoms with Gasteiger partial charge >= 0.3 is 5.97 Å². The van der Waals surface area contributed by atoms with Crippen molar-refractivity contribution < 1.29 is 32.8 Å². The molecule has 1 aromatic heterocycles. The van der Waals surface area contributed by atoms with E-state index >= 15 is 0 Å². The first-order chi connectivity index (χ1) is 19.4. The zero-order valence-electron chi connectivity index (χ0n) is 23.8. The monoisotopic (exact) mass is 581 g/mol. The maximum atomic E-state index is 13.3. The van der Waals surface area contributed by atoms with Crippen molar-refractivity contribution in [3.63, 3.8) is 0 Å². The highest BCUT2D eigenvalue weighted by atomic mass is 32.2. The quantitative estimate of drug-likeness (QED) is 0.257. The van der Waals surface area contributed by atoms with Crippen molar-refractivity contribution in [2.45, 2.75) is 45.4 Å². The van der Waals surface area contributed by atoms with E-state index in [0.717, 1.165) is 19.6 Å². The highest BCUT2D eigenvalue weighted by molar-refractivity contribution is 7.91. The molecule has 0 radical (unpaired) electrons. The van der Waals surface area contributed by atoms with Gasteiger partial charge in [0.1, 0.15) is 0 Å². The van der Waals surface area contributed by atoms with Gasteiger partial charge < -0.3 is 25.6 Å². The van der Waals surface area contributed by atoms with E-state index in [4.69, 9.17) is 5.11 Å². The number of nitrogens with one attached hydrogen (secondary N) is 4. The number of likely N-dealkylation sites (N-methyl/N-ethyl adjacent to an activating group) is 1. The van der Waals surface area contributed by atoms with Crippen LogP contribution in [0.3, 0.4) is 0 Å². The molecule has 2 aromatic rings. The number of anilines is 1. The molecule has 1 aliphatic heterocycles. The van der Waals surface area contributed by atoms with E-state index in [2.05, 4.69) is 29.5 Å². The molecule has 11 heteroatoms. The minimum atomic E-state index is -3.75. The molecule has 0 bridgehead atoms. The van der Waals surface area contributed by atoms with Gasteiger partial charge in [0.15, 0.2) is 9.84 Å². The van der Waals surface area contributed by atoms with Crippen LogP contribution in [0.4, 0.5) is 5.69 Å². The third kappa shape index (κ3) is 6.52. The molecule has 0 fully saturated rings. The number of carboxylic acids is 1. The van der Waals surface area contributed by atoms with Crippen LogP contribution in [-0.4, -0.2) is 68.2 Å². The Morgan fingerprint density at radius 3 is 2.49 bits per heavy atom. The zero-order chi connectivity index (χ0) is 29.9. The summed E-state index contributed by atoms with van der Waals surface area (Å²) in [6.07, 6.45) is 5.29. The summed E-state index contributed by atoms with van der Waals surface area (Å²) < 4.78 is 26.5. The van der Waals surface area contributed by atoms with Crippen LogP contribution in [0.5, 0.6) is 0 Å². The van der Waals surface area contributed by atoms with Crippen molar-refractivity contribution in [3.05, 3.63) is 69.6 Å². The number of hydrogen-bond acceptors (Lipinski definition) is 5. The van der Waals surface area contributed by atoms with E-state index in [9.17, 15) is 22.8 Å². The lowest BCUT2D eigenvalue weighted by Gasteiger charge is -2.15. The average Bonchev–Trinajstić information content (AvgIpc) is 3.40. The summed E-state index contributed by atoms with van der Waals surface area (Å²) in [7, 11) is -3.75. The van der Waals surface area contributed by atoms with Gasteiger partial charge in [0.05, 0.1) is 48.0 Å². The predicted octanol–water partition coefficient (Wildman–Crippen LogP) is 2.28. The molecule has 2 heterocycles. The molecule has 0 atom stereocenters. The van der Waals surface area contributed by atoms with Gasteiger partial charge in [-0.2, -0.15) is 0 Å². The largest absolute Gasteiger partial charge is 0.478 e. The SMILES string of the molecule is CC[NH+](CC)CCNC(=O)c1c(C)[nH]c(/C=C2\C(=O)Nc3ccc(S(=O)(=O)CC4=CC=C(C(=O)O)CC4)cc32)c1C. The first kappa shape index (κ1) is 30.0. The first-order valence-electron chi connectivity index (χ1n) is 13.8. The molecule has 10 nitrogen and oxygen atoms in total. The molecule has 2 amide bonds. The van der Waals surface area contributed by atoms with Gasteiger partial charge in [-0.25, -0.2) is 13.2 Å². The molecule has 0 saturated heterocycles. The topological polar surface area (TPSA) is 150 Å². The van der Waals surface area contributed by atoms with Crippen molar-refractivity contribution in [2.75, 3.05) is 37.2 Å². The molecule has 41 heavy (non-hydrogen) atoms. The molecule has 2 aliphatic rings. The number of carbonyl (C=O) groups excluding carboxylic acids is 2. The maximum absolute atomic E-state index is 13.3. The number of aliphatic carboxylic acids is 1. The molecule has 0 spiro atoms. The highest BCUT2D eigenvalue weighted by Gasteiger charge is 2.28. The van der Waals surface area contributed by atoms with Gasteiger partial charge in [-0.3, -0.25) is 9.59 Å². The molecule has 1 aromatic carbocycles. The maximum Gasteiger partial charge on any atom is 0.331 e. The smallest absolute Gasteiger partial charge is 0.331 e. The standard InChI is InChI=1S/C30H36N4O6S/c1-5-34(6-2)14-13-31-29(36)27-18(3)26(32-19(27)4)16-24-23-15-22(11-12-25(23)33-28(24)35)41(39,40)17-20-7-9-21(10-8-20)30(37)38/h7,9,11-12,15-16,32H,5-6,8,10,13-14,17H2,1-4H3,(H,31,36)(H,33,35)(H,37,38)/p+1/b24-16-. The van der Waals surface area contributed by atoms with E-state index in [0.29, 0.717) is 57.9 Å². The third-order valence-corrected chi connectivity index (χ3v) is 9.50. The van der Waals surface area contributed by atoms with Crippen LogP contribution in [0.1, 0.15) is 59.6 Å². The lowest BCUT2D eigenvalue weighted by atomic mass is 10.00. The van der Waals surface area contributed by atoms with Crippen LogP contribution in [0.15, 0.2) is 46.4 Å². The number of aryl methyl sites for hydroxylation is 1. The van der Waals surface area contributed by atoms with E-state index in [1.165, 1.54) is 23.1 Å². The Morgan fingerprint density at radius 2 is 1.85 bits per heavy atom. The molecule has 1 aliphatic carbocycles. The number of fused-ring (bicyclic) bond motifs is 1. The average molecular weight is 582 g/mol. The molecular formula is C30H37N4O6S+. The number of carbonyl (C=O) groups is 3. The Labute approximate surface area is 240 Å². The highest BCUT2D eigenvalue weighted by Crippen LogP contribution is 2.36. The van der Waals surface area contributed by atoms with Gasteiger partial charge in [0, 0.05) is 28.2 Å². The minimum absolute atomic E-state index is 0.0716.